The van der Waals surface area contributed by atoms with Gasteiger partial charge >= 0.3 is 0 Å². The number of methoxy groups -OCH3 is 1. The van der Waals surface area contributed by atoms with Crippen molar-refractivity contribution in [2.24, 2.45) is 4.99 Å². The van der Waals surface area contributed by atoms with Gasteiger partial charge in [-0.15, -0.1) is 0 Å². The molecule has 0 bridgehead atoms. The standard InChI is InChI=1S/C35H26FIN2O3S/c1-41-29-18-21(17-28(37)33(29)42-20-24-12-6-8-14-27(24)36)19-30-34(40)39-32(23-10-3-2-4-11-23)26-16-15-22-9-5-7-13-25(22)31(26)38-35(39)43-30/h2-14,17-19,32H,15-16,20H2,1H3/b30-19-/t32-/m1/s1. The molecule has 0 N–H and O–H groups in total. The zero-order chi connectivity index (χ0) is 29.5. The molecule has 5 aromatic rings. The molecule has 1 aromatic heterocycles. The lowest BCUT2D eigenvalue weighted by molar-refractivity contribution is 0.277. The Labute approximate surface area is 265 Å². The largest absolute Gasteiger partial charge is 0.493 e. The van der Waals surface area contributed by atoms with Crippen molar-refractivity contribution in [2.45, 2.75) is 25.5 Å². The van der Waals surface area contributed by atoms with Crippen molar-refractivity contribution in [3.8, 4) is 11.5 Å². The van der Waals surface area contributed by atoms with Crippen LogP contribution in [0.15, 0.2) is 106 Å². The predicted octanol–water partition coefficient (Wildman–Crippen LogP) is 6.65. The summed E-state index contributed by atoms with van der Waals surface area (Å²) in [6, 6.07) is 28.7. The van der Waals surface area contributed by atoms with Crippen LogP contribution in [0.25, 0.3) is 11.8 Å². The number of allylic oxidation sites excluding steroid dienone is 1. The summed E-state index contributed by atoms with van der Waals surface area (Å²) in [5, 5.41) is 0. The third-order valence-corrected chi connectivity index (χ3v) is 9.65. The monoisotopic (exact) mass is 700 g/mol. The molecule has 0 radical (unpaired) electrons. The van der Waals surface area contributed by atoms with E-state index in [0.717, 1.165) is 38.8 Å². The first-order valence-corrected chi connectivity index (χ1v) is 15.8. The fourth-order valence-electron chi connectivity index (χ4n) is 5.84. The zero-order valence-corrected chi connectivity index (χ0v) is 26.2. The fraction of sp³-hybridized carbons (Fsp3) is 0.143. The predicted molar refractivity (Wildman–Crippen MR) is 176 cm³/mol. The summed E-state index contributed by atoms with van der Waals surface area (Å²) < 4.78 is 29.1. The lowest BCUT2D eigenvalue weighted by Crippen LogP contribution is -2.38. The highest BCUT2D eigenvalue weighted by Crippen LogP contribution is 2.41. The minimum absolute atomic E-state index is 0.0723. The highest BCUT2D eigenvalue weighted by molar-refractivity contribution is 14.1. The average Bonchev–Trinajstić information content (AvgIpc) is 3.34. The third kappa shape index (κ3) is 5.12. The number of rotatable bonds is 6. The molecular formula is C35H26FIN2O3S. The van der Waals surface area contributed by atoms with E-state index in [2.05, 4.69) is 59.0 Å². The zero-order valence-electron chi connectivity index (χ0n) is 23.2. The van der Waals surface area contributed by atoms with Crippen molar-refractivity contribution in [3.63, 3.8) is 0 Å². The van der Waals surface area contributed by atoms with Crippen molar-refractivity contribution in [1.29, 1.82) is 0 Å². The summed E-state index contributed by atoms with van der Waals surface area (Å²) in [4.78, 5) is 19.9. The molecule has 1 atom stereocenters. The van der Waals surface area contributed by atoms with Crippen LogP contribution in [0.4, 0.5) is 4.39 Å². The molecule has 8 heteroatoms. The van der Waals surface area contributed by atoms with E-state index in [9.17, 15) is 9.18 Å². The second kappa shape index (κ2) is 11.6. The van der Waals surface area contributed by atoms with Crippen LogP contribution in [0, 0.1) is 9.39 Å². The Morgan fingerprint density at radius 2 is 1.79 bits per heavy atom. The number of aromatic nitrogens is 1. The quantitative estimate of drug-likeness (QED) is 0.187. The number of fused-ring (bicyclic) bond motifs is 3. The Morgan fingerprint density at radius 3 is 2.60 bits per heavy atom. The van der Waals surface area contributed by atoms with Gasteiger partial charge in [-0.05, 0) is 82.0 Å². The maximum absolute atomic E-state index is 14.2. The van der Waals surface area contributed by atoms with Crippen molar-refractivity contribution in [3.05, 3.63) is 153 Å². The first-order valence-electron chi connectivity index (χ1n) is 13.9. The Morgan fingerprint density at radius 1 is 1.02 bits per heavy atom. The van der Waals surface area contributed by atoms with E-state index in [1.54, 1.807) is 25.3 Å². The Bertz CT molecular complexity index is 2080. The van der Waals surface area contributed by atoms with E-state index in [1.807, 2.05) is 41.0 Å². The van der Waals surface area contributed by atoms with Crippen molar-refractivity contribution < 1.29 is 13.9 Å². The van der Waals surface area contributed by atoms with Crippen LogP contribution in [0.3, 0.4) is 0 Å². The van der Waals surface area contributed by atoms with E-state index >= 15 is 0 Å². The van der Waals surface area contributed by atoms with Crippen LogP contribution in [0.2, 0.25) is 0 Å². The van der Waals surface area contributed by atoms with E-state index in [-0.39, 0.29) is 24.0 Å². The number of halogens is 2. The van der Waals surface area contributed by atoms with E-state index in [4.69, 9.17) is 14.5 Å². The molecule has 0 amide bonds. The van der Waals surface area contributed by atoms with E-state index in [0.29, 0.717) is 26.4 Å². The number of ether oxygens (including phenoxy) is 2. The van der Waals surface area contributed by atoms with Crippen LogP contribution in [0.5, 0.6) is 11.5 Å². The summed E-state index contributed by atoms with van der Waals surface area (Å²) in [6.45, 7) is 0.0737. The number of benzene rings is 4. The molecular weight excluding hydrogens is 674 g/mol. The summed E-state index contributed by atoms with van der Waals surface area (Å²) >= 11 is 3.58. The Balaban J connectivity index is 1.32. The molecule has 0 saturated heterocycles. The molecule has 1 aliphatic carbocycles. The van der Waals surface area contributed by atoms with Gasteiger partial charge in [-0.3, -0.25) is 9.36 Å². The van der Waals surface area contributed by atoms with Gasteiger partial charge in [0.1, 0.15) is 12.4 Å². The normalized spacial score (nSPS) is 15.8. The van der Waals surface area contributed by atoms with Gasteiger partial charge in [-0.1, -0.05) is 84.1 Å². The minimum Gasteiger partial charge on any atom is -0.493 e. The lowest BCUT2D eigenvalue weighted by atomic mass is 9.83. The van der Waals surface area contributed by atoms with Crippen molar-refractivity contribution in [2.75, 3.05) is 7.11 Å². The highest BCUT2D eigenvalue weighted by Gasteiger charge is 2.32. The summed E-state index contributed by atoms with van der Waals surface area (Å²) in [5.41, 5.74) is 6.86. The summed E-state index contributed by atoms with van der Waals surface area (Å²) in [5.74, 6) is 0.722. The number of nitrogens with zero attached hydrogens (tertiary/aromatic N) is 2. The highest BCUT2D eigenvalue weighted by atomic mass is 127. The van der Waals surface area contributed by atoms with Crippen LogP contribution in [-0.4, -0.2) is 11.7 Å². The van der Waals surface area contributed by atoms with Gasteiger partial charge in [-0.2, -0.15) is 0 Å². The average molecular weight is 701 g/mol. The molecule has 43 heavy (non-hydrogen) atoms. The van der Waals surface area contributed by atoms with E-state index < -0.39 is 0 Å². The van der Waals surface area contributed by atoms with Crippen molar-refractivity contribution >= 4 is 45.7 Å². The topological polar surface area (TPSA) is 52.8 Å². The number of aryl methyl sites for hydroxylation is 1. The Hall–Kier alpha value is -4.02. The molecule has 4 aromatic carbocycles. The van der Waals surface area contributed by atoms with Crippen LogP contribution < -0.4 is 24.4 Å². The van der Waals surface area contributed by atoms with Gasteiger partial charge in [0.25, 0.3) is 5.56 Å². The maximum Gasteiger partial charge on any atom is 0.271 e. The van der Waals surface area contributed by atoms with E-state index in [1.165, 1.54) is 28.5 Å². The number of hydrogen-bond donors (Lipinski definition) is 0. The first kappa shape index (κ1) is 27.8. The SMILES string of the molecule is COc1cc(/C=c2\sc3n(c2=O)[C@H](c2ccccc2)C2=C(N=3)c3ccccc3CC2)cc(I)c1OCc1ccccc1F. The van der Waals surface area contributed by atoms with Gasteiger partial charge in [0, 0.05) is 11.1 Å². The van der Waals surface area contributed by atoms with Gasteiger partial charge < -0.3 is 9.47 Å². The minimum atomic E-state index is -0.317. The van der Waals surface area contributed by atoms with Crippen LogP contribution in [0.1, 0.15) is 40.3 Å². The molecule has 214 valence electrons. The first-order chi connectivity index (χ1) is 21.0. The summed E-state index contributed by atoms with van der Waals surface area (Å²) in [7, 11) is 1.57. The molecule has 5 nitrogen and oxygen atoms in total. The fourth-order valence-corrected chi connectivity index (χ4v) is 7.62. The summed E-state index contributed by atoms with van der Waals surface area (Å²) in [6.07, 6.45) is 3.65. The van der Waals surface area contributed by atoms with Crippen LogP contribution >= 0.6 is 33.9 Å². The third-order valence-electron chi connectivity index (χ3n) is 7.87. The second-order valence-electron chi connectivity index (χ2n) is 10.4. The lowest BCUT2D eigenvalue weighted by Gasteiger charge is -2.30. The molecule has 7 rings (SSSR count). The molecule has 0 unspecified atom stereocenters. The molecule has 2 aliphatic rings. The van der Waals surface area contributed by atoms with Crippen LogP contribution in [-0.2, 0) is 13.0 Å². The molecule has 2 heterocycles. The van der Waals surface area contributed by atoms with Gasteiger partial charge in [0.2, 0.25) is 0 Å². The number of hydrogen-bond acceptors (Lipinski definition) is 5. The van der Waals surface area contributed by atoms with Gasteiger partial charge in [-0.25, -0.2) is 9.38 Å². The molecule has 0 saturated carbocycles. The van der Waals surface area contributed by atoms with Crippen molar-refractivity contribution in [1.82, 2.24) is 4.57 Å². The second-order valence-corrected chi connectivity index (χ2v) is 12.6. The Kier molecular flexibility index (Phi) is 7.48. The molecule has 0 spiro atoms. The number of thiazole rings is 1. The van der Waals surface area contributed by atoms with Gasteiger partial charge in [0.05, 0.1) is 27.0 Å². The maximum atomic E-state index is 14.2. The van der Waals surface area contributed by atoms with Gasteiger partial charge in [0.15, 0.2) is 16.3 Å². The molecule has 0 fully saturated rings. The smallest absolute Gasteiger partial charge is 0.271 e. The molecule has 1 aliphatic heterocycles.